The zero-order chi connectivity index (χ0) is 24.3. The van der Waals surface area contributed by atoms with E-state index in [1.165, 1.54) is 0 Å². The molecular weight excluding hydrogens is 360 g/mol. The van der Waals surface area contributed by atoms with E-state index in [1.54, 1.807) is 22.3 Å². The molecule has 2 bridgehead atoms. The second kappa shape index (κ2) is 6.08. The van der Waals surface area contributed by atoms with Crippen LogP contribution in [0, 0.1) is 43.3 Å². The van der Waals surface area contributed by atoms with Gasteiger partial charge in [0.05, 0.1) is 0 Å². The van der Waals surface area contributed by atoms with Crippen molar-refractivity contribution in [2.45, 2.75) is 125 Å². The van der Waals surface area contributed by atoms with Crippen LogP contribution in [0.4, 0.5) is 0 Å². The average molecular weight is 415 g/mol. The number of allylic oxidation sites excluding steroid dienone is 4. The molecule has 3 rings (SSSR count). The highest BCUT2D eigenvalue weighted by Crippen LogP contribution is 2.80. The van der Waals surface area contributed by atoms with E-state index >= 15 is 0 Å². The highest BCUT2D eigenvalue weighted by molar-refractivity contribution is 5.45. The van der Waals surface area contributed by atoms with Crippen LogP contribution in [0.15, 0.2) is 22.3 Å². The molecule has 30 heavy (non-hydrogen) atoms. The number of fused-ring (bicyclic) bond motifs is 5. The highest BCUT2D eigenvalue weighted by Gasteiger charge is 2.73. The lowest BCUT2D eigenvalue weighted by Gasteiger charge is -2.74. The van der Waals surface area contributed by atoms with Crippen molar-refractivity contribution in [3.05, 3.63) is 22.3 Å². The molecule has 0 heterocycles. The predicted octanol–water partition coefficient (Wildman–Crippen LogP) is 9.86. The Balaban J connectivity index is 3.47. The minimum Gasteiger partial charge on any atom is -0.0673 e. The van der Waals surface area contributed by atoms with Gasteiger partial charge in [-0.1, -0.05) is 119 Å². The van der Waals surface area contributed by atoms with Gasteiger partial charge < -0.3 is 0 Å². The summed E-state index contributed by atoms with van der Waals surface area (Å²) in [5, 5.41) is 0. The summed E-state index contributed by atoms with van der Waals surface area (Å²) in [6.07, 6.45) is 0. The lowest BCUT2D eigenvalue weighted by Crippen LogP contribution is -2.68. The Morgan fingerprint density at radius 3 is 1.03 bits per heavy atom. The summed E-state index contributed by atoms with van der Waals surface area (Å²) in [5.74, 6) is 0. The topological polar surface area (TPSA) is 0 Å². The van der Waals surface area contributed by atoms with Gasteiger partial charge in [0.2, 0.25) is 0 Å². The first-order chi connectivity index (χ1) is 12.9. The van der Waals surface area contributed by atoms with Crippen LogP contribution >= 0.6 is 0 Å². The summed E-state index contributed by atoms with van der Waals surface area (Å²) in [5.41, 5.74) is 6.89. The summed E-state index contributed by atoms with van der Waals surface area (Å²) >= 11 is 0. The number of rotatable bonds is 0. The molecule has 174 valence electrons. The normalized spacial score (nSPS) is 41.0. The summed E-state index contributed by atoms with van der Waals surface area (Å²) in [6, 6.07) is 0. The Morgan fingerprint density at radius 1 is 0.333 bits per heavy atom. The highest BCUT2D eigenvalue weighted by atomic mass is 14.8. The van der Waals surface area contributed by atoms with Crippen LogP contribution < -0.4 is 0 Å². The summed E-state index contributed by atoms with van der Waals surface area (Å²) in [7, 11) is 0. The summed E-state index contributed by atoms with van der Waals surface area (Å²) in [4.78, 5) is 0. The molecule has 0 radical (unpaired) electrons. The third-order valence-corrected chi connectivity index (χ3v) is 14.2. The quantitative estimate of drug-likeness (QED) is 0.346. The van der Waals surface area contributed by atoms with Crippen molar-refractivity contribution in [3.63, 3.8) is 0 Å². The van der Waals surface area contributed by atoms with Crippen LogP contribution in [-0.4, -0.2) is 0 Å². The third kappa shape index (κ3) is 2.16. The van der Waals surface area contributed by atoms with E-state index < -0.39 is 0 Å². The molecule has 3 aliphatic carbocycles. The molecule has 0 aromatic rings. The molecule has 0 heteroatoms. The van der Waals surface area contributed by atoms with E-state index in [2.05, 4.69) is 125 Å². The van der Waals surface area contributed by atoms with Gasteiger partial charge in [0.1, 0.15) is 0 Å². The minimum absolute atomic E-state index is 0.00176. The van der Waals surface area contributed by atoms with Gasteiger partial charge in [-0.15, -0.1) is 0 Å². The molecule has 0 saturated heterocycles. The smallest absolute Gasteiger partial charge is 0.0149 e. The van der Waals surface area contributed by atoms with Crippen molar-refractivity contribution < 1.29 is 0 Å². The molecule has 0 aromatic carbocycles. The molecule has 2 atom stereocenters. The first-order valence-electron chi connectivity index (χ1n) is 12.2. The van der Waals surface area contributed by atoms with Crippen LogP contribution in [-0.2, 0) is 0 Å². The number of hydrogen-bond donors (Lipinski definition) is 0. The van der Waals surface area contributed by atoms with Gasteiger partial charge in [-0.25, -0.2) is 0 Å². The largest absolute Gasteiger partial charge is 0.0673 e. The van der Waals surface area contributed by atoms with Crippen LogP contribution in [0.3, 0.4) is 0 Å². The molecule has 0 aliphatic heterocycles. The lowest BCUT2D eigenvalue weighted by atomic mass is 9.30. The van der Waals surface area contributed by atoms with Crippen molar-refractivity contribution in [2.75, 3.05) is 0 Å². The molecule has 0 saturated carbocycles. The number of hydrogen-bond acceptors (Lipinski definition) is 0. The molecule has 2 unspecified atom stereocenters. The zero-order valence-corrected chi connectivity index (χ0v) is 24.0. The van der Waals surface area contributed by atoms with E-state index in [1.807, 2.05) is 0 Å². The summed E-state index contributed by atoms with van der Waals surface area (Å²) < 4.78 is 0. The Labute approximate surface area is 190 Å². The van der Waals surface area contributed by atoms with Crippen LogP contribution in [0.1, 0.15) is 125 Å². The maximum Gasteiger partial charge on any atom is 0.0149 e. The molecule has 0 aromatic heterocycles. The van der Waals surface area contributed by atoms with Gasteiger partial charge in [-0.05, 0) is 65.6 Å². The van der Waals surface area contributed by atoms with Crippen molar-refractivity contribution in [3.8, 4) is 0 Å². The van der Waals surface area contributed by atoms with Gasteiger partial charge in [0.15, 0.2) is 0 Å². The van der Waals surface area contributed by atoms with Gasteiger partial charge in [0, 0.05) is 5.41 Å². The lowest BCUT2D eigenvalue weighted by molar-refractivity contribution is -0.230. The Kier molecular flexibility index (Phi) is 5.22. The predicted molar refractivity (Wildman–Crippen MR) is 136 cm³/mol. The minimum atomic E-state index is -0.00176. The first-order valence-corrected chi connectivity index (χ1v) is 12.2. The van der Waals surface area contributed by atoms with Crippen LogP contribution in [0.25, 0.3) is 0 Å². The fourth-order valence-corrected chi connectivity index (χ4v) is 8.75. The van der Waals surface area contributed by atoms with Crippen molar-refractivity contribution in [1.82, 2.24) is 0 Å². The van der Waals surface area contributed by atoms with E-state index in [0.717, 1.165) is 0 Å². The molecule has 0 amide bonds. The van der Waals surface area contributed by atoms with Crippen LogP contribution in [0.2, 0.25) is 0 Å². The van der Waals surface area contributed by atoms with Crippen LogP contribution in [0.5, 0.6) is 0 Å². The standard InChI is InChI=1S/C30H54/c1-19-21(3)29(17)22(4)20(2)24(7,8)30(18,25(9,10)23(19,5)6)28(15,16)26(11,12)27(29,13)14/h1-18H3/b21-19?,22-20+. The van der Waals surface area contributed by atoms with Gasteiger partial charge in [0.25, 0.3) is 0 Å². The van der Waals surface area contributed by atoms with Crippen molar-refractivity contribution in [1.29, 1.82) is 0 Å². The maximum absolute atomic E-state index is 2.64. The summed E-state index contributed by atoms with van der Waals surface area (Å²) in [6.45, 7) is 45.8. The third-order valence-electron chi connectivity index (χ3n) is 14.2. The molecule has 0 nitrogen and oxygen atoms in total. The van der Waals surface area contributed by atoms with Gasteiger partial charge in [-0.2, -0.15) is 0 Å². The SMILES string of the molecule is CC1=C(C)C2(C)/C(C)=C(\C)C(C)(C)C(C)(C(C)(C)C1(C)C)C(C)(C)C(C)(C)C2(C)C. The molecule has 3 aliphatic rings. The molecule has 0 spiro atoms. The van der Waals surface area contributed by atoms with Crippen molar-refractivity contribution >= 4 is 0 Å². The average Bonchev–Trinajstić information content (AvgIpc) is 2.61. The van der Waals surface area contributed by atoms with Gasteiger partial charge in [-0.3, -0.25) is 0 Å². The zero-order valence-electron chi connectivity index (χ0n) is 24.0. The van der Waals surface area contributed by atoms with E-state index in [-0.39, 0.29) is 43.3 Å². The van der Waals surface area contributed by atoms with E-state index in [9.17, 15) is 0 Å². The molecule has 0 fully saturated rings. The van der Waals surface area contributed by atoms with Gasteiger partial charge >= 0.3 is 0 Å². The molecular formula is C30H54. The fourth-order valence-electron chi connectivity index (χ4n) is 8.75. The second-order valence-electron chi connectivity index (χ2n) is 14.5. The Morgan fingerprint density at radius 2 is 0.667 bits per heavy atom. The Bertz CT molecular complexity index is 818. The fraction of sp³-hybridized carbons (Fsp3) is 0.867. The molecule has 0 N–H and O–H groups in total. The van der Waals surface area contributed by atoms with E-state index in [0.29, 0.717) is 0 Å². The van der Waals surface area contributed by atoms with Crippen molar-refractivity contribution in [2.24, 2.45) is 43.3 Å². The first kappa shape index (κ1) is 25.7. The monoisotopic (exact) mass is 414 g/mol. The Hall–Kier alpha value is -0.520. The maximum atomic E-state index is 2.64. The second-order valence-corrected chi connectivity index (χ2v) is 14.5. The van der Waals surface area contributed by atoms with E-state index in [4.69, 9.17) is 0 Å².